The van der Waals surface area contributed by atoms with E-state index in [9.17, 15) is 8.42 Å². The van der Waals surface area contributed by atoms with Crippen molar-refractivity contribution in [1.82, 2.24) is 9.55 Å². The van der Waals surface area contributed by atoms with Gasteiger partial charge in [0.15, 0.2) is 0 Å². The molecule has 0 atom stereocenters. The van der Waals surface area contributed by atoms with Gasteiger partial charge in [0.1, 0.15) is 12.4 Å². The summed E-state index contributed by atoms with van der Waals surface area (Å²) in [5, 5.41) is 6.43. The minimum Gasteiger partial charge on any atom is -0.361 e. The number of ether oxygens (including phenoxy) is 1. The molecule has 0 bridgehead atoms. The van der Waals surface area contributed by atoms with Crippen molar-refractivity contribution in [2.75, 3.05) is 6.61 Å². The van der Waals surface area contributed by atoms with Crippen LogP contribution in [0.1, 0.15) is 11.1 Å². The van der Waals surface area contributed by atoms with Gasteiger partial charge in [-0.2, -0.15) is 0 Å². The fraction of sp³-hybridized carbons (Fsp3) is 0.250. The maximum absolute atomic E-state index is 12.1. The van der Waals surface area contributed by atoms with E-state index in [4.69, 9.17) is 14.9 Å². The van der Waals surface area contributed by atoms with Gasteiger partial charge in [0, 0.05) is 26.3 Å². The number of aromatic nitrogens is 2. The lowest BCUT2D eigenvalue weighted by molar-refractivity contribution is 0.0909. The van der Waals surface area contributed by atoms with Crippen molar-refractivity contribution in [3.63, 3.8) is 0 Å². The zero-order valence-corrected chi connectivity index (χ0v) is 22.7. The molecule has 0 amide bonds. The summed E-state index contributed by atoms with van der Waals surface area (Å²) >= 11 is 0. The minimum absolute atomic E-state index is 0.0793. The second kappa shape index (κ2) is 9.44. The zero-order valence-electron chi connectivity index (χ0n) is 20.9. The molecule has 0 radical (unpaired) electrons. The first-order valence-electron chi connectivity index (χ1n) is 12.1. The molecule has 0 spiro atoms. The largest absolute Gasteiger partial charge is 0.361 e. The van der Waals surface area contributed by atoms with Crippen LogP contribution < -0.4 is 5.14 Å². The van der Waals surface area contributed by atoms with Crippen LogP contribution in [0.5, 0.6) is 0 Å². The molecule has 2 heterocycles. The smallest absolute Gasteiger partial charge is 0.238 e. The van der Waals surface area contributed by atoms with Crippen molar-refractivity contribution < 1.29 is 13.2 Å². The first-order valence-corrected chi connectivity index (χ1v) is 17.4. The van der Waals surface area contributed by atoms with Crippen LogP contribution in [0.25, 0.3) is 39.5 Å². The fourth-order valence-electron chi connectivity index (χ4n) is 4.65. The van der Waals surface area contributed by atoms with Crippen molar-refractivity contribution in [2.24, 2.45) is 5.14 Å². The van der Waals surface area contributed by atoms with E-state index in [0.29, 0.717) is 13.3 Å². The number of primary sulfonamides is 1. The maximum atomic E-state index is 12.1. The predicted octanol–water partition coefficient (Wildman–Crippen LogP) is 5.90. The Kier molecular flexibility index (Phi) is 6.46. The molecule has 1 aliphatic rings. The van der Waals surface area contributed by atoms with Crippen molar-refractivity contribution in [3.05, 3.63) is 78.0 Å². The Hall–Kier alpha value is -3.04. The zero-order chi connectivity index (χ0) is 25.5. The third-order valence-electron chi connectivity index (χ3n) is 6.58. The lowest BCUT2D eigenvalue weighted by Gasteiger charge is -2.17. The van der Waals surface area contributed by atoms with E-state index in [-0.39, 0.29) is 4.90 Å². The normalized spacial score (nSPS) is 13.4. The standard InChI is InChI=1S/C28H31N3O3SSi/c1-36(2,3)16-15-34-19-31-27(21-9-4-10-22(17-21)35(29,32)33)18-26-25(13-14-30-28(26)31)24-12-6-8-20-7-5-11-23(20)24/h4-6,8-14,17-18H,7,15-16,19H2,1-3H3,(H2,29,32,33). The van der Waals surface area contributed by atoms with Gasteiger partial charge in [-0.1, -0.05) is 62.1 Å². The molecule has 5 rings (SSSR count). The Labute approximate surface area is 213 Å². The first-order chi connectivity index (χ1) is 17.1. The number of nitrogens with two attached hydrogens (primary N) is 1. The number of hydrogen-bond acceptors (Lipinski definition) is 4. The molecule has 0 fully saturated rings. The van der Waals surface area contributed by atoms with Gasteiger partial charge in [0.25, 0.3) is 0 Å². The van der Waals surface area contributed by atoms with E-state index in [1.165, 1.54) is 17.2 Å². The Bertz CT molecular complexity index is 1580. The summed E-state index contributed by atoms with van der Waals surface area (Å²) in [4.78, 5) is 4.82. The van der Waals surface area contributed by atoms with Crippen LogP contribution in [0.3, 0.4) is 0 Å². The van der Waals surface area contributed by atoms with Gasteiger partial charge in [-0.15, -0.1) is 0 Å². The van der Waals surface area contributed by atoms with Gasteiger partial charge in [0.2, 0.25) is 10.0 Å². The van der Waals surface area contributed by atoms with Crippen molar-refractivity contribution in [3.8, 4) is 22.4 Å². The predicted molar refractivity (Wildman–Crippen MR) is 149 cm³/mol. The van der Waals surface area contributed by atoms with Crippen molar-refractivity contribution >= 4 is 35.2 Å². The van der Waals surface area contributed by atoms with Gasteiger partial charge in [0.05, 0.1) is 10.6 Å². The minimum atomic E-state index is -3.83. The average Bonchev–Trinajstić information content (AvgIpc) is 3.45. The monoisotopic (exact) mass is 517 g/mol. The molecule has 0 unspecified atom stereocenters. The van der Waals surface area contributed by atoms with Crippen LogP contribution in [0.15, 0.2) is 71.8 Å². The van der Waals surface area contributed by atoms with Crippen LogP contribution in [-0.2, 0) is 27.9 Å². The molecule has 1 aliphatic carbocycles. The molecule has 6 nitrogen and oxygen atoms in total. The summed E-state index contributed by atoms with van der Waals surface area (Å²) in [6.45, 7) is 7.97. The first kappa shape index (κ1) is 24.6. The topological polar surface area (TPSA) is 87.2 Å². The van der Waals surface area contributed by atoms with Gasteiger partial charge in [-0.05, 0) is 64.5 Å². The number of rotatable bonds is 8. The van der Waals surface area contributed by atoms with Gasteiger partial charge < -0.3 is 9.30 Å². The number of fused-ring (bicyclic) bond motifs is 2. The number of nitrogens with zero attached hydrogens (tertiary/aromatic N) is 2. The van der Waals surface area contributed by atoms with E-state index in [1.807, 2.05) is 22.9 Å². The van der Waals surface area contributed by atoms with Gasteiger partial charge in [-0.25, -0.2) is 18.5 Å². The number of benzene rings is 2. The van der Waals surface area contributed by atoms with Crippen molar-refractivity contribution in [1.29, 1.82) is 0 Å². The third kappa shape index (κ3) is 4.94. The molecular formula is C28H31N3O3SSi. The molecule has 2 N–H and O–H groups in total. The SMILES string of the molecule is C[Si](C)(C)CCOCn1c(-c2cccc(S(N)(=O)=O)c2)cc2c(-c3cccc4c3C=CC4)ccnc21. The Balaban J connectivity index is 1.66. The third-order valence-corrected chi connectivity index (χ3v) is 9.20. The van der Waals surface area contributed by atoms with Crippen LogP contribution in [0.4, 0.5) is 0 Å². The molecule has 0 aliphatic heterocycles. The number of sulfonamides is 1. The molecule has 2 aromatic carbocycles. The quantitative estimate of drug-likeness (QED) is 0.233. The lowest BCUT2D eigenvalue weighted by Crippen LogP contribution is -2.22. The van der Waals surface area contributed by atoms with Crippen molar-refractivity contribution in [2.45, 2.75) is 43.7 Å². The number of hydrogen-bond donors (Lipinski definition) is 1. The molecule has 186 valence electrons. The molecule has 4 aromatic rings. The van der Waals surface area contributed by atoms with E-state index in [0.717, 1.165) is 45.9 Å². The number of allylic oxidation sites excluding steroid dienone is 1. The molecule has 0 saturated carbocycles. The summed E-state index contributed by atoms with van der Waals surface area (Å²) < 4.78 is 32.3. The summed E-state index contributed by atoms with van der Waals surface area (Å²) in [6.07, 6.45) is 7.14. The van der Waals surface area contributed by atoms with Crippen LogP contribution in [0.2, 0.25) is 25.7 Å². The van der Waals surface area contributed by atoms with Gasteiger partial charge >= 0.3 is 0 Å². The Morgan fingerprint density at radius 2 is 1.86 bits per heavy atom. The van der Waals surface area contributed by atoms with E-state index in [2.05, 4.69) is 56.1 Å². The highest BCUT2D eigenvalue weighted by molar-refractivity contribution is 7.89. The Morgan fingerprint density at radius 3 is 2.64 bits per heavy atom. The number of pyridine rings is 1. The van der Waals surface area contributed by atoms with Crippen LogP contribution in [-0.4, -0.2) is 32.6 Å². The molecule has 0 saturated heterocycles. The highest BCUT2D eigenvalue weighted by atomic mass is 32.2. The highest BCUT2D eigenvalue weighted by Crippen LogP contribution is 2.38. The molecule has 2 aromatic heterocycles. The fourth-order valence-corrected chi connectivity index (χ4v) is 5.96. The molecular weight excluding hydrogens is 486 g/mol. The highest BCUT2D eigenvalue weighted by Gasteiger charge is 2.20. The second-order valence-electron chi connectivity index (χ2n) is 10.5. The summed E-state index contributed by atoms with van der Waals surface area (Å²) in [6, 6.07) is 18.3. The summed E-state index contributed by atoms with van der Waals surface area (Å²) in [7, 11) is -5.07. The van der Waals surface area contributed by atoms with E-state index in [1.54, 1.807) is 12.1 Å². The van der Waals surface area contributed by atoms with Gasteiger partial charge in [-0.3, -0.25) is 0 Å². The molecule has 8 heteroatoms. The Morgan fingerprint density at radius 1 is 1.06 bits per heavy atom. The summed E-state index contributed by atoms with van der Waals surface area (Å²) in [5.41, 5.74) is 7.19. The van der Waals surface area contributed by atoms with Crippen LogP contribution >= 0.6 is 0 Å². The van der Waals surface area contributed by atoms with E-state index >= 15 is 0 Å². The van der Waals surface area contributed by atoms with Crippen LogP contribution in [0, 0.1) is 0 Å². The second-order valence-corrected chi connectivity index (χ2v) is 17.6. The average molecular weight is 518 g/mol. The molecule has 36 heavy (non-hydrogen) atoms. The lowest BCUT2D eigenvalue weighted by atomic mass is 9.96. The maximum Gasteiger partial charge on any atom is 0.238 e. The van der Waals surface area contributed by atoms with E-state index < -0.39 is 18.1 Å². The summed E-state index contributed by atoms with van der Waals surface area (Å²) in [5.74, 6) is 0.